The smallest absolute Gasteiger partial charge is 0.254 e. The number of rotatable bonds is 3. The van der Waals surface area contributed by atoms with Crippen molar-refractivity contribution >= 4 is 16.8 Å². The van der Waals surface area contributed by atoms with E-state index in [-0.39, 0.29) is 5.91 Å². The number of nitrogens with one attached hydrogen (secondary N) is 1. The van der Waals surface area contributed by atoms with E-state index >= 15 is 0 Å². The normalized spacial score (nSPS) is 10.7. The maximum Gasteiger partial charge on any atom is 0.254 e. The van der Waals surface area contributed by atoms with Crippen molar-refractivity contribution in [3.63, 3.8) is 0 Å². The van der Waals surface area contributed by atoms with Crippen molar-refractivity contribution in [1.29, 1.82) is 0 Å². The second-order valence-corrected chi connectivity index (χ2v) is 4.62. The highest BCUT2D eigenvalue weighted by Gasteiger charge is 2.07. The summed E-state index contributed by atoms with van der Waals surface area (Å²) in [7, 11) is 1.78. The fraction of sp³-hybridized carbons (Fsp3) is 0.133. The Morgan fingerprint density at radius 3 is 3.05 bits per heavy atom. The van der Waals surface area contributed by atoms with E-state index in [2.05, 4.69) is 15.4 Å². The van der Waals surface area contributed by atoms with Crippen molar-refractivity contribution in [1.82, 2.24) is 20.1 Å². The van der Waals surface area contributed by atoms with Crippen LogP contribution < -0.4 is 5.32 Å². The lowest BCUT2D eigenvalue weighted by Gasteiger charge is -2.05. The predicted molar refractivity (Wildman–Crippen MR) is 76.1 cm³/mol. The van der Waals surface area contributed by atoms with Gasteiger partial charge in [-0.15, -0.1) is 0 Å². The third kappa shape index (κ3) is 2.51. The van der Waals surface area contributed by atoms with Crippen LogP contribution >= 0.6 is 0 Å². The van der Waals surface area contributed by atoms with Gasteiger partial charge in [-0.05, 0) is 23.8 Å². The summed E-state index contributed by atoms with van der Waals surface area (Å²) in [6, 6.07) is 9.88. The molecule has 0 spiro atoms. The minimum atomic E-state index is -0.121. The zero-order chi connectivity index (χ0) is 13.9. The molecule has 3 aromatic rings. The van der Waals surface area contributed by atoms with Crippen LogP contribution in [0.3, 0.4) is 0 Å². The average Bonchev–Trinajstić information content (AvgIpc) is 2.91. The molecule has 0 aliphatic heterocycles. The van der Waals surface area contributed by atoms with E-state index in [1.54, 1.807) is 30.3 Å². The van der Waals surface area contributed by atoms with Gasteiger partial charge in [-0.2, -0.15) is 5.10 Å². The summed E-state index contributed by atoms with van der Waals surface area (Å²) in [5.41, 5.74) is 2.56. The zero-order valence-corrected chi connectivity index (χ0v) is 11.1. The molecule has 2 aromatic heterocycles. The Labute approximate surface area is 116 Å². The number of hydrogen-bond donors (Lipinski definition) is 1. The second kappa shape index (κ2) is 5.13. The van der Waals surface area contributed by atoms with Gasteiger partial charge in [0.1, 0.15) is 0 Å². The van der Waals surface area contributed by atoms with Gasteiger partial charge in [-0.3, -0.25) is 14.5 Å². The first-order valence-corrected chi connectivity index (χ1v) is 6.33. The Kier molecular flexibility index (Phi) is 3.16. The van der Waals surface area contributed by atoms with Gasteiger partial charge in [0.2, 0.25) is 0 Å². The van der Waals surface area contributed by atoms with Crippen LogP contribution in [0.15, 0.2) is 48.9 Å². The van der Waals surface area contributed by atoms with E-state index in [1.165, 1.54) is 0 Å². The molecule has 1 N–H and O–H groups in total. The van der Waals surface area contributed by atoms with Crippen molar-refractivity contribution in [2.45, 2.75) is 6.54 Å². The third-order valence-corrected chi connectivity index (χ3v) is 3.09. The Morgan fingerprint density at radius 1 is 1.35 bits per heavy atom. The molecule has 100 valence electrons. The van der Waals surface area contributed by atoms with Crippen LogP contribution in [0.25, 0.3) is 10.9 Å². The molecule has 0 saturated carbocycles. The number of amides is 1. The standard InChI is InChI=1S/C15H14N4O/c1-19-10-13(9-18-19)15(20)17-8-11-4-5-14-12(7-11)3-2-6-16-14/h2-7,9-10H,8H2,1H3,(H,17,20). The maximum atomic E-state index is 11.9. The predicted octanol–water partition coefficient (Wildman–Crippen LogP) is 1.90. The van der Waals surface area contributed by atoms with Gasteiger partial charge in [-0.25, -0.2) is 0 Å². The van der Waals surface area contributed by atoms with E-state index < -0.39 is 0 Å². The van der Waals surface area contributed by atoms with Gasteiger partial charge in [0.25, 0.3) is 5.91 Å². The minimum absolute atomic E-state index is 0.121. The molecule has 3 rings (SSSR count). The summed E-state index contributed by atoms with van der Waals surface area (Å²) >= 11 is 0. The SMILES string of the molecule is Cn1cc(C(=O)NCc2ccc3ncccc3c2)cn1. The van der Waals surface area contributed by atoms with Gasteiger partial charge in [-0.1, -0.05) is 12.1 Å². The summed E-state index contributed by atoms with van der Waals surface area (Å²) in [5, 5.41) is 7.93. The number of carbonyl (C=O) groups excluding carboxylic acids is 1. The molecule has 0 saturated heterocycles. The topological polar surface area (TPSA) is 59.8 Å². The minimum Gasteiger partial charge on any atom is -0.348 e. The second-order valence-electron chi connectivity index (χ2n) is 4.62. The summed E-state index contributed by atoms with van der Waals surface area (Å²) < 4.78 is 1.61. The summed E-state index contributed by atoms with van der Waals surface area (Å²) in [6.07, 6.45) is 5.02. The monoisotopic (exact) mass is 266 g/mol. The van der Waals surface area contributed by atoms with Crippen LogP contribution in [0.2, 0.25) is 0 Å². The zero-order valence-electron chi connectivity index (χ0n) is 11.1. The van der Waals surface area contributed by atoms with E-state index in [9.17, 15) is 4.79 Å². The quantitative estimate of drug-likeness (QED) is 0.787. The Morgan fingerprint density at radius 2 is 2.25 bits per heavy atom. The van der Waals surface area contributed by atoms with Crippen molar-refractivity contribution in [3.05, 3.63) is 60.0 Å². The summed E-state index contributed by atoms with van der Waals surface area (Å²) in [4.78, 5) is 16.2. The van der Waals surface area contributed by atoms with Crippen LogP contribution in [0.1, 0.15) is 15.9 Å². The number of fused-ring (bicyclic) bond motifs is 1. The number of benzene rings is 1. The lowest BCUT2D eigenvalue weighted by atomic mass is 10.1. The molecule has 0 fully saturated rings. The van der Waals surface area contributed by atoms with Crippen LogP contribution in [-0.4, -0.2) is 20.7 Å². The molecule has 0 atom stereocenters. The van der Waals surface area contributed by atoms with E-state index in [0.717, 1.165) is 16.5 Å². The molecule has 0 bridgehead atoms. The van der Waals surface area contributed by atoms with Crippen molar-refractivity contribution in [3.8, 4) is 0 Å². The van der Waals surface area contributed by atoms with Crippen LogP contribution in [0.4, 0.5) is 0 Å². The molecule has 0 radical (unpaired) electrons. The summed E-state index contributed by atoms with van der Waals surface area (Å²) in [6.45, 7) is 0.485. The Hall–Kier alpha value is -2.69. The number of aromatic nitrogens is 3. The number of hydrogen-bond acceptors (Lipinski definition) is 3. The van der Waals surface area contributed by atoms with E-state index in [1.807, 2.05) is 30.3 Å². The third-order valence-electron chi connectivity index (χ3n) is 3.09. The summed E-state index contributed by atoms with van der Waals surface area (Å²) in [5.74, 6) is -0.121. The van der Waals surface area contributed by atoms with Crippen LogP contribution in [0, 0.1) is 0 Å². The van der Waals surface area contributed by atoms with Crippen molar-refractivity contribution in [2.24, 2.45) is 7.05 Å². The van der Waals surface area contributed by atoms with Crippen molar-refractivity contribution in [2.75, 3.05) is 0 Å². The highest BCUT2D eigenvalue weighted by atomic mass is 16.1. The first-order valence-electron chi connectivity index (χ1n) is 6.33. The molecule has 20 heavy (non-hydrogen) atoms. The van der Waals surface area contributed by atoms with Gasteiger partial charge >= 0.3 is 0 Å². The molecule has 0 aliphatic carbocycles. The van der Waals surface area contributed by atoms with Crippen LogP contribution in [0.5, 0.6) is 0 Å². The van der Waals surface area contributed by atoms with E-state index in [4.69, 9.17) is 0 Å². The number of nitrogens with zero attached hydrogens (tertiary/aromatic N) is 3. The molecule has 1 amide bonds. The highest BCUT2D eigenvalue weighted by Crippen LogP contribution is 2.13. The average molecular weight is 266 g/mol. The fourth-order valence-corrected chi connectivity index (χ4v) is 2.06. The number of carbonyl (C=O) groups is 1. The molecule has 2 heterocycles. The first kappa shape index (κ1) is 12.3. The first-order chi connectivity index (χ1) is 9.72. The lowest BCUT2D eigenvalue weighted by molar-refractivity contribution is 0.0951. The van der Waals surface area contributed by atoms with E-state index in [0.29, 0.717) is 12.1 Å². The molecule has 0 unspecified atom stereocenters. The van der Waals surface area contributed by atoms with Crippen LogP contribution in [-0.2, 0) is 13.6 Å². The highest BCUT2D eigenvalue weighted by molar-refractivity contribution is 5.93. The lowest BCUT2D eigenvalue weighted by Crippen LogP contribution is -2.22. The molecule has 5 nitrogen and oxygen atoms in total. The van der Waals surface area contributed by atoms with Gasteiger partial charge < -0.3 is 5.32 Å². The van der Waals surface area contributed by atoms with Crippen molar-refractivity contribution < 1.29 is 4.79 Å². The Balaban J connectivity index is 1.72. The van der Waals surface area contributed by atoms with Gasteiger partial charge in [0, 0.05) is 31.4 Å². The Bertz CT molecular complexity index is 763. The molecular weight excluding hydrogens is 252 g/mol. The fourth-order valence-electron chi connectivity index (χ4n) is 2.06. The number of pyridine rings is 1. The largest absolute Gasteiger partial charge is 0.348 e. The van der Waals surface area contributed by atoms with Gasteiger partial charge in [0.15, 0.2) is 0 Å². The molecule has 5 heteroatoms. The molecular formula is C15H14N4O. The molecule has 1 aromatic carbocycles. The molecule has 0 aliphatic rings. The number of aryl methyl sites for hydroxylation is 1. The van der Waals surface area contributed by atoms with Gasteiger partial charge in [0.05, 0.1) is 17.3 Å². The maximum absolute atomic E-state index is 11.9.